The minimum atomic E-state index is -0.684. The van der Waals surface area contributed by atoms with Crippen LogP contribution in [-0.2, 0) is 34.5 Å². The maximum absolute atomic E-state index is 6.69. The zero-order valence-electron chi connectivity index (χ0n) is 25.8. The molecule has 5 aromatic rings. The Bertz CT molecular complexity index is 1660. The molecule has 0 radical (unpaired) electrons. The normalized spacial score (nSPS) is 19.7. The topological polar surface area (TPSA) is 44.7 Å². The van der Waals surface area contributed by atoms with Crippen LogP contribution >= 0.6 is 7.53 Å². The lowest BCUT2D eigenvalue weighted by molar-refractivity contribution is 0.359. The fourth-order valence-electron chi connectivity index (χ4n) is 7.58. The van der Waals surface area contributed by atoms with E-state index >= 15 is 0 Å². The van der Waals surface area contributed by atoms with E-state index in [1.165, 1.54) is 47.3 Å². The summed E-state index contributed by atoms with van der Waals surface area (Å²) in [5.74, 6) is 1.98. The van der Waals surface area contributed by atoms with E-state index in [4.69, 9.17) is 4.42 Å². The fourth-order valence-corrected chi connectivity index (χ4v) is 11.2. The Balaban J connectivity index is 1.59. The average Bonchev–Trinajstić information content (AvgIpc) is 3.75. The second-order valence-corrected chi connectivity index (χ2v) is 16.5. The van der Waals surface area contributed by atoms with E-state index in [1.54, 1.807) is 21.7 Å². The fraction of sp³-hybridized carbons (Fsp3) is 0.405. The van der Waals surface area contributed by atoms with Gasteiger partial charge in [-0.1, -0.05) is 37.9 Å². The van der Waals surface area contributed by atoms with Crippen LogP contribution in [0.25, 0.3) is 5.30 Å². The monoisotopic (exact) mass is 562 g/mol. The molecule has 5 heterocycles. The third-order valence-electron chi connectivity index (χ3n) is 10.3. The summed E-state index contributed by atoms with van der Waals surface area (Å²) in [6.45, 7) is 18.9. The number of aromatic nitrogens is 2. The first kappa shape index (κ1) is 26.7. The van der Waals surface area contributed by atoms with Crippen LogP contribution in [-0.4, -0.2) is 9.97 Å². The van der Waals surface area contributed by atoms with Gasteiger partial charge in [-0.25, -0.2) is 0 Å². The Morgan fingerprint density at radius 1 is 0.537 bits per heavy atom. The van der Waals surface area contributed by atoms with Crippen molar-refractivity contribution in [2.24, 2.45) is 0 Å². The van der Waals surface area contributed by atoms with Gasteiger partial charge in [0.1, 0.15) is 11.5 Å². The molecule has 0 spiro atoms. The van der Waals surface area contributed by atoms with Crippen LogP contribution in [0.5, 0.6) is 0 Å². The van der Waals surface area contributed by atoms with Crippen molar-refractivity contribution < 1.29 is 4.42 Å². The third kappa shape index (κ3) is 3.71. The van der Waals surface area contributed by atoms with E-state index in [0.29, 0.717) is 0 Å². The lowest BCUT2D eigenvalue weighted by Gasteiger charge is -2.32. The number of hydrogen-bond donors (Lipinski definition) is 2. The number of rotatable bonds is 1. The van der Waals surface area contributed by atoms with Gasteiger partial charge in [0.05, 0.1) is 10.8 Å². The number of benzene rings is 1. The molecule has 212 valence electrons. The van der Waals surface area contributed by atoms with Crippen LogP contribution in [0.4, 0.5) is 0 Å². The van der Waals surface area contributed by atoms with Crippen molar-refractivity contribution in [1.82, 2.24) is 9.97 Å². The molecule has 8 bridgehead atoms. The third-order valence-corrected chi connectivity index (χ3v) is 13.7. The molecule has 1 aliphatic carbocycles. The Labute approximate surface area is 245 Å². The molecule has 1 aliphatic heterocycles. The van der Waals surface area contributed by atoms with E-state index in [1.807, 2.05) is 0 Å². The van der Waals surface area contributed by atoms with Crippen molar-refractivity contribution >= 4 is 7.53 Å². The van der Waals surface area contributed by atoms with Gasteiger partial charge in [0.15, 0.2) is 0 Å². The molecule has 2 aliphatic rings. The highest BCUT2D eigenvalue weighted by atomic mass is 31.1. The van der Waals surface area contributed by atoms with Gasteiger partial charge in [-0.05, 0) is 138 Å². The Morgan fingerprint density at radius 2 is 0.951 bits per heavy atom. The van der Waals surface area contributed by atoms with Gasteiger partial charge in [0.25, 0.3) is 0 Å². The van der Waals surface area contributed by atoms with Crippen molar-refractivity contribution in [2.75, 3.05) is 0 Å². The van der Waals surface area contributed by atoms with E-state index in [2.05, 4.69) is 132 Å². The van der Waals surface area contributed by atoms with Gasteiger partial charge in [-0.15, -0.1) is 0 Å². The van der Waals surface area contributed by atoms with Gasteiger partial charge in [0.2, 0.25) is 0 Å². The molecule has 0 atom stereocenters. The smallest absolute Gasteiger partial charge is 0.115 e. The molecule has 4 heteroatoms. The van der Waals surface area contributed by atoms with Crippen LogP contribution in [0.3, 0.4) is 0 Å². The first-order chi connectivity index (χ1) is 19.3. The summed E-state index contributed by atoms with van der Waals surface area (Å²) in [5.41, 5.74) is 7.37. The highest BCUT2D eigenvalue weighted by Gasteiger charge is 2.43. The predicted octanol–water partition coefficient (Wildman–Crippen LogP) is 10.0. The maximum Gasteiger partial charge on any atom is 0.115 e. The maximum atomic E-state index is 6.69. The number of hydrogen-bond acceptors (Lipinski definition) is 1. The lowest BCUT2D eigenvalue weighted by Crippen LogP contribution is -2.24. The summed E-state index contributed by atoms with van der Waals surface area (Å²) in [4.78, 5) is 7.89. The van der Waals surface area contributed by atoms with Crippen LogP contribution in [0.15, 0.2) is 71.1 Å². The molecule has 2 N–H and O–H groups in total. The molecule has 3 nitrogen and oxygen atoms in total. The van der Waals surface area contributed by atoms with Crippen molar-refractivity contribution in [3.63, 3.8) is 0 Å². The SMILES string of the molecule is CC1(C)c2ccc([nH]2)C(C)(C)c2c3c(c(p2-c2ccccc2)C(C)(C)c2ccc([nH]2)C(C)(C)c2ccc1o2)CCC3. The van der Waals surface area contributed by atoms with Crippen molar-refractivity contribution in [1.29, 1.82) is 0 Å². The molecule has 0 saturated carbocycles. The predicted molar refractivity (Wildman–Crippen MR) is 171 cm³/mol. The average molecular weight is 563 g/mol. The number of H-pyrrole nitrogens is 2. The second-order valence-electron chi connectivity index (χ2n) is 14.4. The minimum Gasteiger partial charge on any atom is -0.464 e. The first-order valence-electron chi connectivity index (χ1n) is 15.2. The number of fused-ring (bicyclic) bond motifs is 11. The number of furan rings is 1. The molecule has 4 aromatic heterocycles. The summed E-state index contributed by atoms with van der Waals surface area (Å²) >= 11 is 0. The van der Waals surface area contributed by atoms with Gasteiger partial charge in [0, 0.05) is 33.6 Å². The van der Waals surface area contributed by atoms with Gasteiger partial charge < -0.3 is 14.4 Å². The number of aromatic amines is 2. The standard InChI is InChI=1S/C37H43N2OP/c1-34(2)26-17-19-28(38-26)36(5,6)32-24-15-12-16-25(24)33(41(32)23-13-10-9-11-14-23)37(7,8)29-20-18-27(39-29)35(3,4)31-22-21-30(34)40-31/h9-11,13-14,17-22,38-39H,12,15-16H2,1-8H3. The first-order valence-corrected chi connectivity index (χ1v) is 16.5. The number of nitrogens with one attached hydrogen (secondary N) is 2. The second kappa shape index (κ2) is 8.68. The molecule has 7 rings (SSSR count). The summed E-state index contributed by atoms with van der Waals surface area (Å²) in [6, 6.07) is 25.0. The summed E-state index contributed by atoms with van der Waals surface area (Å²) in [7, 11) is -0.684. The summed E-state index contributed by atoms with van der Waals surface area (Å²) < 4.78 is 6.69. The molecule has 41 heavy (non-hydrogen) atoms. The van der Waals surface area contributed by atoms with E-state index in [9.17, 15) is 0 Å². The van der Waals surface area contributed by atoms with Gasteiger partial charge >= 0.3 is 0 Å². The van der Waals surface area contributed by atoms with E-state index in [0.717, 1.165) is 11.5 Å². The molecule has 0 amide bonds. The highest BCUT2D eigenvalue weighted by molar-refractivity contribution is 7.59. The Morgan fingerprint density at radius 3 is 1.39 bits per heavy atom. The van der Waals surface area contributed by atoms with Gasteiger partial charge in [-0.2, -0.15) is 0 Å². The zero-order chi connectivity index (χ0) is 28.9. The zero-order valence-corrected chi connectivity index (χ0v) is 26.7. The molecule has 0 fully saturated rings. The van der Waals surface area contributed by atoms with E-state index in [-0.39, 0.29) is 21.7 Å². The summed E-state index contributed by atoms with van der Waals surface area (Å²) in [5, 5.41) is 4.74. The Hall–Kier alpha value is -3.16. The van der Waals surface area contributed by atoms with Crippen LogP contribution in [0.1, 0.15) is 118 Å². The molecule has 0 saturated heterocycles. The van der Waals surface area contributed by atoms with Crippen molar-refractivity contribution in [3.05, 3.63) is 123 Å². The van der Waals surface area contributed by atoms with Crippen LogP contribution < -0.4 is 0 Å². The quantitative estimate of drug-likeness (QED) is 0.210. The van der Waals surface area contributed by atoms with Crippen LogP contribution in [0.2, 0.25) is 0 Å². The molecular formula is C37H43N2OP. The summed E-state index contributed by atoms with van der Waals surface area (Å²) in [6.07, 6.45) is 3.60. The van der Waals surface area contributed by atoms with E-state index < -0.39 is 7.53 Å². The largest absolute Gasteiger partial charge is 0.464 e. The molecule has 1 aromatic carbocycles. The Kier molecular flexibility index (Phi) is 5.66. The highest BCUT2D eigenvalue weighted by Crippen LogP contribution is 2.63. The lowest BCUT2D eigenvalue weighted by atomic mass is 9.82. The van der Waals surface area contributed by atoms with Gasteiger partial charge in [-0.3, -0.25) is 0 Å². The minimum absolute atomic E-state index is 0.146. The molecule has 0 unspecified atom stereocenters. The van der Waals surface area contributed by atoms with Crippen molar-refractivity contribution in [2.45, 2.75) is 96.3 Å². The van der Waals surface area contributed by atoms with Crippen molar-refractivity contribution in [3.8, 4) is 5.30 Å². The molecular weight excluding hydrogens is 519 g/mol. The van der Waals surface area contributed by atoms with Crippen LogP contribution in [0, 0.1) is 0 Å².